The van der Waals surface area contributed by atoms with Crippen molar-refractivity contribution >= 4 is 17.7 Å². The maximum Gasteiger partial charge on any atom is 0.283 e. The minimum atomic E-state index is -0.322. The van der Waals surface area contributed by atoms with Crippen LogP contribution in [0.15, 0.2) is 29.4 Å². The molecule has 0 aliphatic rings. The number of nitrogens with two attached hydrogens (primary N) is 1. The van der Waals surface area contributed by atoms with E-state index in [0.717, 1.165) is 0 Å². The highest BCUT2D eigenvalue weighted by Gasteiger charge is 2.03. The molecule has 0 fully saturated rings. The molecule has 0 saturated carbocycles. The lowest BCUT2D eigenvalue weighted by Gasteiger charge is -1.94. The fourth-order valence-corrected chi connectivity index (χ4v) is 1.26. The van der Waals surface area contributed by atoms with Crippen molar-refractivity contribution in [3.8, 4) is 0 Å². The highest BCUT2D eigenvalue weighted by atomic mass is 32.2. The van der Waals surface area contributed by atoms with E-state index in [1.54, 1.807) is 16.3 Å². The Balaban J connectivity index is 2.71. The zero-order valence-corrected chi connectivity index (χ0v) is 7.67. The number of nitrogens with zero attached hydrogens (tertiary/aromatic N) is 1. The lowest BCUT2D eigenvalue weighted by molar-refractivity contribution is -0.684. The fourth-order valence-electron chi connectivity index (χ4n) is 0.865. The second-order valence-electron chi connectivity index (χ2n) is 2.38. The summed E-state index contributed by atoms with van der Waals surface area (Å²) in [6, 6.07) is 3.90. The second-order valence-corrected chi connectivity index (χ2v) is 3.26. The minimum absolute atomic E-state index is 0.245. The third-order valence-corrected chi connectivity index (χ3v) is 2.18. The first-order valence-corrected chi connectivity index (χ1v) is 4.76. The summed E-state index contributed by atoms with van der Waals surface area (Å²) in [5.41, 5.74) is 5.03. The van der Waals surface area contributed by atoms with Gasteiger partial charge < -0.3 is 5.73 Å². The number of hydrogen-bond donors (Lipinski definition) is 1. The monoisotopic (exact) mass is 183 g/mol. The summed E-state index contributed by atoms with van der Waals surface area (Å²) >= 11 is 1.67. The smallest absolute Gasteiger partial charge is 0.283 e. The van der Waals surface area contributed by atoms with E-state index >= 15 is 0 Å². The standard InChI is InChI=1S/C8H10N2OS/c1-12-7-2-4-10(5-3-7)6-8(9)11/h2-5H,6H2,1H3,(H-,9,11)/p+1. The maximum atomic E-state index is 10.5. The van der Waals surface area contributed by atoms with E-state index < -0.39 is 0 Å². The van der Waals surface area contributed by atoms with Crippen molar-refractivity contribution in [1.29, 1.82) is 0 Å². The molecular formula is C8H11N2OS+. The Morgan fingerprint density at radius 1 is 1.58 bits per heavy atom. The molecule has 0 aliphatic heterocycles. The van der Waals surface area contributed by atoms with Crippen molar-refractivity contribution < 1.29 is 9.36 Å². The van der Waals surface area contributed by atoms with Gasteiger partial charge in [-0.2, -0.15) is 4.57 Å². The van der Waals surface area contributed by atoms with Crippen LogP contribution < -0.4 is 10.3 Å². The molecule has 1 heterocycles. The number of rotatable bonds is 3. The van der Waals surface area contributed by atoms with Gasteiger partial charge in [0.1, 0.15) is 0 Å². The van der Waals surface area contributed by atoms with Crippen LogP contribution in [0, 0.1) is 0 Å². The van der Waals surface area contributed by atoms with E-state index in [4.69, 9.17) is 5.73 Å². The average molecular weight is 183 g/mol. The molecule has 0 aromatic carbocycles. The van der Waals surface area contributed by atoms with Gasteiger partial charge >= 0.3 is 0 Å². The number of carbonyl (C=O) groups excluding carboxylic acids is 1. The zero-order valence-electron chi connectivity index (χ0n) is 6.86. The summed E-state index contributed by atoms with van der Waals surface area (Å²) in [5, 5.41) is 0. The van der Waals surface area contributed by atoms with Gasteiger partial charge in [0.05, 0.1) is 0 Å². The van der Waals surface area contributed by atoms with Crippen molar-refractivity contribution in [2.45, 2.75) is 11.4 Å². The Labute approximate surface area is 75.6 Å². The van der Waals surface area contributed by atoms with Gasteiger partial charge in [-0.1, -0.05) is 0 Å². The van der Waals surface area contributed by atoms with E-state index in [1.165, 1.54) is 4.90 Å². The molecule has 1 rings (SSSR count). The van der Waals surface area contributed by atoms with Crippen LogP contribution in [-0.4, -0.2) is 12.2 Å². The molecule has 12 heavy (non-hydrogen) atoms. The number of pyridine rings is 1. The van der Waals surface area contributed by atoms with Crippen molar-refractivity contribution in [2.75, 3.05) is 6.26 Å². The van der Waals surface area contributed by atoms with Gasteiger partial charge in [0, 0.05) is 17.0 Å². The number of thioether (sulfide) groups is 1. The minimum Gasteiger partial charge on any atom is -0.364 e. The van der Waals surface area contributed by atoms with Crippen molar-refractivity contribution in [3.05, 3.63) is 24.5 Å². The van der Waals surface area contributed by atoms with Gasteiger partial charge in [0.2, 0.25) is 6.54 Å². The first kappa shape index (κ1) is 9.06. The fraction of sp³-hybridized carbons (Fsp3) is 0.250. The lowest BCUT2D eigenvalue weighted by Crippen LogP contribution is -2.39. The molecule has 4 heteroatoms. The molecule has 64 valence electrons. The van der Waals surface area contributed by atoms with Gasteiger partial charge in [0.25, 0.3) is 5.91 Å². The van der Waals surface area contributed by atoms with Gasteiger partial charge in [-0.3, -0.25) is 4.79 Å². The van der Waals surface area contributed by atoms with E-state index in [1.807, 2.05) is 30.8 Å². The maximum absolute atomic E-state index is 10.5. The van der Waals surface area contributed by atoms with Gasteiger partial charge in [-0.15, -0.1) is 11.8 Å². The van der Waals surface area contributed by atoms with Crippen LogP contribution in [0.1, 0.15) is 0 Å². The van der Waals surface area contributed by atoms with Crippen LogP contribution in [0.25, 0.3) is 0 Å². The normalized spacial score (nSPS) is 9.75. The van der Waals surface area contributed by atoms with Crippen molar-refractivity contribution in [1.82, 2.24) is 0 Å². The van der Waals surface area contributed by atoms with Crippen LogP contribution >= 0.6 is 11.8 Å². The molecular weight excluding hydrogens is 172 g/mol. The Morgan fingerprint density at radius 3 is 2.58 bits per heavy atom. The van der Waals surface area contributed by atoms with E-state index in [2.05, 4.69) is 0 Å². The highest BCUT2D eigenvalue weighted by molar-refractivity contribution is 7.98. The van der Waals surface area contributed by atoms with Crippen LogP contribution in [0.5, 0.6) is 0 Å². The Morgan fingerprint density at radius 2 is 2.17 bits per heavy atom. The second kappa shape index (κ2) is 4.11. The molecule has 0 bridgehead atoms. The molecule has 3 nitrogen and oxygen atoms in total. The van der Waals surface area contributed by atoms with Gasteiger partial charge in [-0.25, -0.2) is 0 Å². The number of aromatic nitrogens is 1. The molecule has 1 aromatic rings. The summed E-state index contributed by atoms with van der Waals surface area (Å²) in [6.45, 7) is 0.245. The Bertz CT molecular complexity index is 271. The number of carbonyl (C=O) groups is 1. The molecule has 0 atom stereocenters. The van der Waals surface area contributed by atoms with Gasteiger partial charge in [-0.05, 0) is 6.26 Å². The van der Waals surface area contributed by atoms with Crippen LogP contribution in [0.2, 0.25) is 0 Å². The van der Waals surface area contributed by atoms with E-state index in [0.29, 0.717) is 0 Å². The quantitative estimate of drug-likeness (QED) is 0.537. The third kappa shape index (κ3) is 2.54. The van der Waals surface area contributed by atoms with Crippen molar-refractivity contribution in [3.63, 3.8) is 0 Å². The number of amides is 1. The highest BCUT2D eigenvalue weighted by Crippen LogP contribution is 2.10. The Kier molecular flexibility index (Phi) is 3.10. The molecule has 0 spiro atoms. The van der Waals surface area contributed by atoms with Crippen LogP contribution in [0.4, 0.5) is 0 Å². The molecule has 0 unspecified atom stereocenters. The van der Waals surface area contributed by atoms with Gasteiger partial charge in [0.15, 0.2) is 12.4 Å². The summed E-state index contributed by atoms with van der Waals surface area (Å²) in [5.74, 6) is -0.322. The van der Waals surface area contributed by atoms with Crippen LogP contribution in [0.3, 0.4) is 0 Å². The van der Waals surface area contributed by atoms with E-state index in [-0.39, 0.29) is 12.5 Å². The summed E-state index contributed by atoms with van der Waals surface area (Å²) in [6.07, 6.45) is 5.70. The summed E-state index contributed by atoms with van der Waals surface area (Å²) in [4.78, 5) is 11.7. The molecule has 1 aromatic heterocycles. The topological polar surface area (TPSA) is 47.0 Å². The van der Waals surface area contributed by atoms with Crippen LogP contribution in [-0.2, 0) is 11.3 Å². The third-order valence-electron chi connectivity index (χ3n) is 1.43. The number of hydrogen-bond acceptors (Lipinski definition) is 2. The molecule has 0 radical (unpaired) electrons. The molecule has 0 saturated heterocycles. The SMILES string of the molecule is CSc1cc[n+](CC(N)=O)cc1. The molecule has 1 amide bonds. The average Bonchev–Trinajstić information content (AvgIpc) is 2.05. The molecule has 2 N–H and O–H groups in total. The molecule has 0 aliphatic carbocycles. The summed E-state index contributed by atoms with van der Waals surface area (Å²) < 4.78 is 1.75. The van der Waals surface area contributed by atoms with Crippen molar-refractivity contribution in [2.24, 2.45) is 5.73 Å². The predicted molar refractivity (Wildman–Crippen MR) is 47.6 cm³/mol. The first-order valence-electron chi connectivity index (χ1n) is 3.54. The zero-order chi connectivity index (χ0) is 8.97. The lowest BCUT2D eigenvalue weighted by atomic mass is 10.4. The summed E-state index contributed by atoms with van der Waals surface area (Å²) in [7, 11) is 0. The first-order chi connectivity index (χ1) is 5.72. The largest absolute Gasteiger partial charge is 0.364 e. The predicted octanol–water partition coefficient (Wildman–Crippen LogP) is 0.181. The van der Waals surface area contributed by atoms with E-state index in [9.17, 15) is 4.79 Å². The Hall–Kier alpha value is -1.03. The number of primary amides is 1.